The number of ether oxygens (including phenoxy) is 1. The number of unbranched alkanes of at least 4 members (excludes halogenated alkanes) is 2. The molecule has 1 aliphatic heterocycles. The molecular weight excluding hydrogens is 226 g/mol. The molecule has 1 aromatic carbocycles. The zero-order chi connectivity index (χ0) is 12.8. The van der Waals surface area contributed by atoms with E-state index in [1.165, 1.54) is 5.56 Å². The van der Waals surface area contributed by atoms with E-state index in [-0.39, 0.29) is 11.9 Å². The van der Waals surface area contributed by atoms with Crippen molar-refractivity contribution in [2.75, 3.05) is 13.2 Å². The monoisotopic (exact) mass is 247 g/mol. The highest BCUT2D eigenvalue weighted by Crippen LogP contribution is 2.24. The van der Waals surface area contributed by atoms with Gasteiger partial charge in [0.15, 0.2) is 0 Å². The average molecular weight is 247 g/mol. The SMILES string of the molecule is CCCCCOC(=O)C1CNCc2ccccc21. The van der Waals surface area contributed by atoms with Gasteiger partial charge in [0.1, 0.15) is 0 Å². The molecule has 0 radical (unpaired) electrons. The summed E-state index contributed by atoms with van der Waals surface area (Å²) in [5.41, 5.74) is 2.33. The predicted octanol–water partition coefficient (Wildman–Crippen LogP) is 2.61. The maximum atomic E-state index is 12.1. The van der Waals surface area contributed by atoms with Crippen LogP contribution in [0, 0.1) is 0 Å². The van der Waals surface area contributed by atoms with Crippen LogP contribution in [0.1, 0.15) is 43.2 Å². The van der Waals surface area contributed by atoms with Crippen molar-refractivity contribution in [1.29, 1.82) is 0 Å². The lowest BCUT2D eigenvalue weighted by Crippen LogP contribution is -2.33. The molecule has 1 N–H and O–H groups in total. The topological polar surface area (TPSA) is 38.3 Å². The molecule has 2 rings (SSSR count). The van der Waals surface area contributed by atoms with E-state index < -0.39 is 0 Å². The number of esters is 1. The van der Waals surface area contributed by atoms with Gasteiger partial charge in [-0.15, -0.1) is 0 Å². The fraction of sp³-hybridized carbons (Fsp3) is 0.533. The number of nitrogens with one attached hydrogen (secondary N) is 1. The van der Waals surface area contributed by atoms with E-state index in [0.29, 0.717) is 13.2 Å². The van der Waals surface area contributed by atoms with E-state index in [0.717, 1.165) is 31.4 Å². The lowest BCUT2D eigenvalue weighted by molar-refractivity contribution is -0.145. The molecule has 0 saturated carbocycles. The Hall–Kier alpha value is -1.35. The minimum Gasteiger partial charge on any atom is -0.465 e. The van der Waals surface area contributed by atoms with E-state index >= 15 is 0 Å². The third kappa shape index (κ3) is 3.10. The number of rotatable bonds is 5. The Labute approximate surface area is 109 Å². The first-order valence-corrected chi connectivity index (χ1v) is 6.78. The molecule has 0 fully saturated rings. The third-order valence-electron chi connectivity index (χ3n) is 3.37. The summed E-state index contributed by atoms with van der Waals surface area (Å²) in [6.07, 6.45) is 3.22. The van der Waals surface area contributed by atoms with E-state index in [1.807, 2.05) is 18.2 Å². The zero-order valence-corrected chi connectivity index (χ0v) is 10.9. The maximum absolute atomic E-state index is 12.1. The minimum atomic E-state index is -0.142. The van der Waals surface area contributed by atoms with Crippen LogP contribution in [0.25, 0.3) is 0 Å². The van der Waals surface area contributed by atoms with Gasteiger partial charge in [0, 0.05) is 13.1 Å². The smallest absolute Gasteiger partial charge is 0.314 e. The van der Waals surface area contributed by atoms with Crippen molar-refractivity contribution in [2.45, 2.75) is 38.6 Å². The number of hydrogen-bond donors (Lipinski definition) is 1. The molecule has 1 aromatic rings. The Morgan fingerprint density at radius 1 is 1.39 bits per heavy atom. The van der Waals surface area contributed by atoms with Gasteiger partial charge >= 0.3 is 5.97 Å². The van der Waals surface area contributed by atoms with Gasteiger partial charge in [-0.05, 0) is 17.5 Å². The van der Waals surface area contributed by atoms with Gasteiger partial charge < -0.3 is 10.1 Å². The van der Waals surface area contributed by atoms with Crippen LogP contribution in [0.15, 0.2) is 24.3 Å². The van der Waals surface area contributed by atoms with Crippen molar-refractivity contribution in [3.05, 3.63) is 35.4 Å². The van der Waals surface area contributed by atoms with Crippen LogP contribution < -0.4 is 5.32 Å². The zero-order valence-electron chi connectivity index (χ0n) is 10.9. The van der Waals surface area contributed by atoms with Crippen LogP contribution in [0.3, 0.4) is 0 Å². The molecule has 0 amide bonds. The van der Waals surface area contributed by atoms with Crippen molar-refractivity contribution >= 4 is 5.97 Å². The Kier molecular flexibility index (Phi) is 4.76. The average Bonchev–Trinajstić information content (AvgIpc) is 2.43. The second-order valence-corrected chi connectivity index (χ2v) is 4.76. The summed E-state index contributed by atoms with van der Waals surface area (Å²) in [5, 5.41) is 3.27. The van der Waals surface area contributed by atoms with Crippen molar-refractivity contribution in [2.24, 2.45) is 0 Å². The molecule has 1 heterocycles. The first-order chi connectivity index (χ1) is 8.83. The molecule has 1 unspecified atom stereocenters. The van der Waals surface area contributed by atoms with Crippen molar-refractivity contribution in [1.82, 2.24) is 5.32 Å². The first kappa shape index (κ1) is 13.1. The van der Waals surface area contributed by atoms with E-state index in [4.69, 9.17) is 4.74 Å². The number of benzene rings is 1. The Bertz CT molecular complexity index is 403. The maximum Gasteiger partial charge on any atom is 0.314 e. The molecule has 18 heavy (non-hydrogen) atoms. The van der Waals surface area contributed by atoms with Crippen molar-refractivity contribution in [3.8, 4) is 0 Å². The summed E-state index contributed by atoms with van der Waals surface area (Å²) in [4.78, 5) is 12.1. The fourth-order valence-corrected chi connectivity index (χ4v) is 2.33. The number of hydrogen-bond acceptors (Lipinski definition) is 3. The van der Waals surface area contributed by atoms with E-state index in [9.17, 15) is 4.79 Å². The summed E-state index contributed by atoms with van der Waals surface area (Å²) >= 11 is 0. The predicted molar refractivity (Wildman–Crippen MR) is 71.4 cm³/mol. The van der Waals surface area contributed by atoms with Crippen LogP contribution in [-0.4, -0.2) is 19.1 Å². The van der Waals surface area contributed by atoms with Gasteiger partial charge in [0.2, 0.25) is 0 Å². The largest absolute Gasteiger partial charge is 0.465 e. The lowest BCUT2D eigenvalue weighted by Gasteiger charge is -2.24. The summed E-state index contributed by atoms with van der Waals surface area (Å²) in [5.74, 6) is -0.234. The fourth-order valence-electron chi connectivity index (χ4n) is 2.33. The summed E-state index contributed by atoms with van der Waals surface area (Å²) in [6.45, 7) is 4.22. The molecule has 3 heteroatoms. The van der Waals surface area contributed by atoms with Gasteiger partial charge in [-0.1, -0.05) is 44.0 Å². The second-order valence-electron chi connectivity index (χ2n) is 4.76. The van der Waals surface area contributed by atoms with Crippen LogP contribution in [-0.2, 0) is 16.1 Å². The van der Waals surface area contributed by atoms with Gasteiger partial charge in [0.05, 0.1) is 12.5 Å². The quantitative estimate of drug-likeness (QED) is 0.642. The molecule has 0 saturated heterocycles. The second kappa shape index (κ2) is 6.55. The number of carbonyl (C=O) groups is 1. The molecule has 1 aliphatic rings. The van der Waals surface area contributed by atoms with Crippen molar-refractivity contribution in [3.63, 3.8) is 0 Å². The number of fused-ring (bicyclic) bond motifs is 1. The number of carbonyl (C=O) groups excluding carboxylic acids is 1. The standard InChI is InChI=1S/C15H21NO2/c1-2-3-6-9-18-15(17)14-11-16-10-12-7-4-5-8-13(12)14/h4-5,7-8,14,16H,2-3,6,9-11H2,1H3. The van der Waals surface area contributed by atoms with Crippen LogP contribution >= 0.6 is 0 Å². The van der Waals surface area contributed by atoms with E-state index in [2.05, 4.69) is 18.3 Å². The normalized spacial score (nSPS) is 18.2. The van der Waals surface area contributed by atoms with Gasteiger partial charge in [0.25, 0.3) is 0 Å². The molecule has 0 aliphatic carbocycles. The Morgan fingerprint density at radius 2 is 2.22 bits per heavy atom. The summed E-state index contributed by atoms with van der Waals surface area (Å²) in [7, 11) is 0. The van der Waals surface area contributed by atoms with Gasteiger partial charge in [-0.25, -0.2) is 0 Å². The minimum absolute atomic E-state index is 0.0919. The Balaban J connectivity index is 1.95. The molecule has 0 bridgehead atoms. The summed E-state index contributed by atoms with van der Waals surface area (Å²) < 4.78 is 5.36. The molecule has 98 valence electrons. The summed E-state index contributed by atoms with van der Waals surface area (Å²) in [6, 6.07) is 8.10. The molecule has 0 aromatic heterocycles. The van der Waals surface area contributed by atoms with E-state index in [1.54, 1.807) is 0 Å². The van der Waals surface area contributed by atoms with Gasteiger partial charge in [-0.3, -0.25) is 4.79 Å². The van der Waals surface area contributed by atoms with Crippen LogP contribution in [0.2, 0.25) is 0 Å². The first-order valence-electron chi connectivity index (χ1n) is 6.78. The molecule has 0 spiro atoms. The Morgan fingerprint density at radius 3 is 3.06 bits per heavy atom. The lowest BCUT2D eigenvalue weighted by atomic mass is 9.91. The highest BCUT2D eigenvalue weighted by Gasteiger charge is 2.26. The van der Waals surface area contributed by atoms with Crippen LogP contribution in [0.4, 0.5) is 0 Å². The van der Waals surface area contributed by atoms with Crippen LogP contribution in [0.5, 0.6) is 0 Å². The molecular formula is C15H21NO2. The van der Waals surface area contributed by atoms with Gasteiger partial charge in [-0.2, -0.15) is 0 Å². The third-order valence-corrected chi connectivity index (χ3v) is 3.37. The highest BCUT2D eigenvalue weighted by atomic mass is 16.5. The molecule has 3 nitrogen and oxygen atoms in total. The van der Waals surface area contributed by atoms with Crippen molar-refractivity contribution < 1.29 is 9.53 Å². The molecule has 1 atom stereocenters. The highest BCUT2D eigenvalue weighted by molar-refractivity contribution is 5.79.